The maximum Gasteiger partial charge on any atom is 0.351 e. The van der Waals surface area contributed by atoms with Crippen LogP contribution in [0.2, 0.25) is 0 Å². The van der Waals surface area contributed by atoms with Gasteiger partial charge in [0.25, 0.3) is 0 Å². The van der Waals surface area contributed by atoms with Crippen LogP contribution >= 0.6 is 0 Å². The molecule has 0 aromatic rings. The Morgan fingerprint density at radius 2 is 1.69 bits per heavy atom. The molecule has 0 amide bonds. The highest BCUT2D eigenvalue weighted by Crippen LogP contribution is 2.51. The molecule has 172 valence electrons. The van der Waals surface area contributed by atoms with Crippen LogP contribution in [-0.2, 0) is 33.4 Å². The van der Waals surface area contributed by atoms with Gasteiger partial charge in [-0.3, -0.25) is 4.79 Å². The zero-order valence-electron chi connectivity index (χ0n) is 19.6. The minimum atomic E-state index is -1.68. The van der Waals surface area contributed by atoms with E-state index in [0.29, 0.717) is 16.7 Å². The van der Waals surface area contributed by atoms with Crippen molar-refractivity contribution in [3.8, 4) is 0 Å². The summed E-state index contributed by atoms with van der Waals surface area (Å²) in [6.07, 6.45) is 3.39. The monoisotopic (exact) mass is 442 g/mol. The Balaban J connectivity index is 2.12. The zero-order valence-corrected chi connectivity index (χ0v) is 19.6. The number of hydrogen-bond donors (Lipinski definition) is 0. The van der Waals surface area contributed by atoms with E-state index in [4.69, 9.17) is 14.2 Å². The number of esters is 3. The number of fused-ring (bicyclic) bond motifs is 3. The minimum absolute atomic E-state index is 0.133. The minimum Gasteiger partial charge on any atom is -0.458 e. The summed E-state index contributed by atoms with van der Waals surface area (Å²) in [5.41, 5.74) is 1.18. The highest BCUT2D eigenvalue weighted by Gasteiger charge is 2.65. The first kappa shape index (κ1) is 23.7. The highest BCUT2D eigenvalue weighted by atomic mass is 16.6. The fraction of sp³-hybridized carbons (Fsp3) is 0.520. The topological polar surface area (TPSA) is 96.0 Å². The van der Waals surface area contributed by atoms with Crippen LogP contribution in [0.5, 0.6) is 0 Å². The smallest absolute Gasteiger partial charge is 0.351 e. The van der Waals surface area contributed by atoms with Gasteiger partial charge in [0.2, 0.25) is 5.60 Å². The van der Waals surface area contributed by atoms with Crippen molar-refractivity contribution in [3.05, 3.63) is 46.1 Å². The molecule has 0 aromatic heterocycles. The summed E-state index contributed by atoms with van der Waals surface area (Å²) in [6, 6.07) is 0. The SMILES string of the molecule is C/C=C(/C)C(=O)O[C@H]1CC(C)=C2C(=O)C=C(C)[C@@H]2[C@H]2OC(=O)[C@](C)(OC(=O)/C(C)=C\C)[C@@H]21. The summed E-state index contributed by atoms with van der Waals surface area (Å²) in [5.74, 6) is -3.27. The van der Waals surface area contributed by atoms with Crippen LogP contribution in [0.25, 0.3) is 0 Å². The average molecular weight is 443 g/mol. The second-order valence-electron chi connectivity index (χ2n) is 8.91. The van der Waals surface area contributed by atoms with Crippen molar-refractivity contribution >= 4 is 23.7 Å². The molecule has 0 aromatic carbocycles. The van der Waals surface area contributed by atoms with Gasteiger partial charge in [-0.2, -0.15) is 0 Å². The lowest BCUT2D eigenvalue weighted by Gasteiger charge is -2.34. The summed E-state index contributed by atoms with van der Waals surface area (Å²) in [5, 5.41) is 0. The van der Waals surface area contributed by atoms with Crippen molar-refractivity contribution in [1.82, 2.24) is 0 Å². The molecule has 7 heteroatoms. The van der Waals surface area contributed by atoms with Gasteiger partial charge in [-0.25, -0.2) is 14.4 Å². The summed E-state index contributed by atoms with van der Waals surface area (Å²) >= 11 is 0. The predicted molar refractivity (Wildman–Crippen MR) is 116 cm³/mol. The van der Waals surface area contributed by atoms with Crippen molar-refractivity contribution in [2.24, 2.45) is 11.8 Å². The first-order valence-corrected chi connectivity index (χ1v) is 10.8. The molecule has 2 aliphatic carbocycles. The van der Waals surface area contributed by atoms with Gasteiger partial charge in [0.05, 0.1) is 5.92 Å². The zero-order chi connectivity index (χ0) is 24.0. The third-order valence-corrected chi connectivity index (χ3v) is 6.83. The van der Waals surface area contributed by atoms with Crippen LogP contribution in [0, 0.1) is 11.8 Å². The number of allylic oxidation sites excluding steroid dienone is 3. The Hall–Kier alpha value is -2.96. The van der Waals surface area contributed by atoms with Gasteiger partial charge in [0.15, 0.2) is 5.78 Å². The first-order chi connectivity index (χ1) is 15.0. The van der Waals surface area contributed by atoms with Crippen LogP contribution in [0.4, 0.5) is 0 Å². The summed E-state index contributed by atoms with van der Waals surface area (Å²) < 4.78 is 17.4. The van der Waals surface area contributed by atoms with E-state index in [1.165, 1.54) is 6.92 Å². The summed E-state index contributed by atoms with van der Waals surface area (Å²) in [6.45, 7) is 11.8. The van der Waals surface area contributed by atoms with Gasteiger partial charge in [-0.05, 0) is 54.5 Å². The Bertz CT molecular complexity index is 1010. The molecule has 0 saturated carbocycles. The second-order valence-corrected chi connectivity index (χ2v) is 8.91. The average Bonchev–Trinajstić information content (AvgIpc) is 3.12. The molecule has 5 atom stereocenters. The van der Waals surface area contributed by atoms with Crippen LogP contribution in [0.3, 0.4) is 0 Å². The molecule has 32 heavy (non-hydrogen) atoms. The molecule has 0 bridgehead atoms. The van der Waals surface area contributed by atoms with Crippen molar-refractivity contribution in [2.75, 3.05) is 0 Å². The maximum absolute atomic E-state index is 13.1. The highest BCUT2D eigenvalue weighted by molar-refractivity contribution is 6.09. The van der Waals surface area contributed by atoms with Gasteiger partial charge in [0, 0.05) is 29.1 Å². The molecule has 1 saturated heterocycles. The quantitative estimate of drug-likeness (QED) is 0.373. The van der Waals surface area contributed by atoms with Crippen LogP contribution in [0.1, 0.15) is 54.9 Å². The lowest BCUT2D eigenvalue weighted by molar-refractivity contribution is -0.175. The van der Waals surface area contributed by atoms with Gasteiger partial charge in [-0.15, -0.1) is 0 Å². The van der Waals surface area contributed by atoms with Crippen LogP contribution in [0.15, 0.2) is 46.1 Å². The first-order valence-electron chi connectivity index (χ1n) is 10.8. The van der Waals surface area contributed by atoms with E-state index in [1.807, 2.05) is 13.8 Å². The Kier molecular flexibility index (Phi) is 6.31. The normalized spacial score (nSPS) is 32.7. The van der Waals surface area contributed by atoms with E-state index in [1.54, 1.807) is 45.9 Å². The molecule has 1 aliphatic heterocycles. The van der Waals surface area contributed by atoms with Crippen LogP contribution < -0.4 is 0 Å². The van der Waals surface area contributed by atoms with Crippen molar-refractivity contribution in [2.45, 2.75) is 72.7 Å². The molecule has 1 heterocycles. The Morgan fingerprint density at radius 3 is 2.28 bits per heavy atom. The molecule has 7 nitrogen and oxygen atoms in total. The molecular weight excluding hydrogens is 412 g/mol. The van der Waals surface area contributed by atoms with Crippen molar-refractivity contribution < 1.29 is 33.4 Å². The fourth-order valence-electron chi connectivity index (χ4n) is 4.76. The molecule has 3 rings (SSSR count). The van der Waals surface area contributed by atoms with Crippen LogP contribution in [-0.4, -0.2) is 41.5 Å². The van der Waals surface area contributed by atoms with E-state index in [2.05, 4.69) is 0 Å². The van der Waals surface area contributed by atoms with E-state index in [9.17, 15) is 19.2 Å². The van der Waals surface area contributed by atoms with Crippen molar-refractivity contribution in [1.29, 1.82) is 0 Å². The number of carbonyl (C=O) groups is 4. The van der Waals surface area contributed by atoms with Crippen molar-refractivity contribution in [3.63, 3.8) is 0 Å². The summed E-state index contributed by atoms with van der Waals surface area (Å²) in [4.78, 5) is 51.1. The molecule has 0 unspecified atom stereocenters. The van der Waals surface area contributed by atoms with E-state index < -0.39 is 47.6 Å². The van der Waals surface area contributed by atoms with E-state index in [0.717, 1.165) is 11.1 Å². The van der Waals surface area contributed by atoms with E-state index >= 15 is 0 Å². The third-order valence-electron chi connectivity index (χ3n) is 6.83. The number of rotatable bonds is 4. The molecule has 1 fully saturated rings. The van der Waals surface area contributed by atoms with Gasteiger partial charge < -0.3 is 14.2 Å². The maximum atomic E-state index is 13.1. The molecule has 0 N–H and O–H groups in total. The molecular formula is C25H30O7. The number of ether oxygens (including phenoxy) is 3. The van der Waals surface area contributed by atoms with Gasteiger partial charge >= 0.3 is 17.9 Å². The summed E-state index contributed by atoms with van der Waals surface area (Å²) in [7, 11) is 0. The number of ketones is 1. The number of hydrogen-bond acceptors (Lipinski definition) is 7. The second kappa shape index (κ2) is 8.52. The molecule has 0 radical (unpaired) electrons. The Labute approximate surface area is 188 Å². The standard InChI is InChI=1S/C25H30O7/c1-8-12(3)22(27)30-17-11-15(6)18-16(26)10-14(5)19(18)21-20(17)25(7,24(29)31-21)32-23(28)13(4)9-2/h8-10,17,19-21H,11H2,1-7H3/b12-8-,13-9-/t17-,19-,20+,21+,25+/m0/s1. The third kappa shape index (κ3) is 3.74. The lowest BCUT2D eigenvalue weighted by Crippen LogP contribution is -2.50. The fourth-order valence-corrected chi connectivity index (χ4v) is 4.76. The van der Waals surface area contributed by atoms with Gasteiger partial charge in [0.1, 0.15) is 12.2 Å². The van der Waals surface area contributed by atoms with E-state index in [-0.39, 0.29) is 12.2 Å². The lowest BCUT2D eigenvalue weighted by atomic mass is 9.77. The Morgan fingerprint density at radius 1 is 1.09 bits per heavy atom. The molecule has 0 spiro atoms. The molecule has 3 aliphatic rings. The number of carbonyl (C=O) groups excluding carboxylic acids is 4. The largest absolute Gasteiger partial charge is 0.458 e. The predicted octanol–water partition coefficient (Wildman–Crippen LogP) is 3.54. The van der Waals surface area contributed by atoms with Gasteiger partial charge in [-0.1, -0.05) is 23.3 Å².